The number of amides is 2. The fraction of sp³-hybridized carbons (Fsp3) is 0.818. The number of hydrogen-bond acceptors (Lipinski definition) is 3. The third-order valence-corrected chi connectivity index (χ3v) is 3.85. The Bertz CT molecular complexity index is 294. The lowest BCUT2D eigenvalue weighted by molar-refractivity contribution is -0.144. The maximum absolute atomic E-state index is 11.6. The number of thioether (sulfide) groups is 1. The minimum atomic E-state index is -1.12. The van der Waals surface area contributed by atoms with Crippen LogP contribution in [0.4, 0.5) is 4.79 Å². The largest absolute Gasteiger partial charge is 0.480 e. The monoisotopic (exact) mass is 260 g/mol. The molecule has 0 radical (unpaired) electrons. The van der Waals surface area contributed by atoms with Gasteiger partial charge in [-0.25, -0.2) is 9.59 Å². The summed E-state index contributed by atoms with van der Waals surface area (Å²) in [6.07, 6.45) is 1.74. The van der Waals surface area contributed by atoms with Crippen LogP contribution in [0.5, 0.6) is 0 Å². The first-order valence-corrected chi connectivity index (χ1v) is 7.03. The summed E-state index contributed by atoms with van der Waals surface area (Å²) < 4.78 is 0. The van der Waals surface area contributed by atoms with Crippen LogP contribution < -0.4 is 10.6 Å². The van der Waals surface area contributed by atoms with Crippen LogP contribution in [-0.4, -0.2) is 40.7 Å². The molecule has 2 amide bonds. The minimum Gasteiger partial charge on any atom is -0.480 e. The first-order chi connectivity index (χ1) is 8.00. The Hall–Kier alpha value is -0.910. The van der Waals surface area contributed by atoms with Crippen LogP contribution >= 0.6 is 11.8 Å². The highest BCUT2D eigenvalue weighted by atomic mass is 32.2. The molecule has 0 aliphatic heterocycles. The van der Waals surface area contributed by atoms with Crippen molar-refractivity contribution in [1.29, 1.82) is 0 Å². The summed E-state index contributed by atoms with van der Waals surface area (Å²) in [5.74, 6) is 0.962. The van der Waals surface area contributed by atoms with Gasteiger partial charge in [-0.05, 0) is 31.4 Å². The van der Waals surface area contributed by atoms with Crippen molar-refractivity contribution in [2.24, 2.45) is 5.92 Å². The van der Waals surface area contributed by atoms with E-state index < -0.39 is 17.5 Å². The second-order valence-corrected chi connectivity index (χ2v) is 5.75. The minimum absolute atomic E-state index is 0.0655. The number of carbonyl (C=O) groups excluding carboxylic acids is 1. The van der Waals surface area contributed by atoms with Crippen molar-refractivity contribution < 1.29 is 14.7 Å². The molecule has 0 spiro atoms. The van der Waals surface area contributed by atoms with Crippen LogP contribution in [0.3, 0.4) is 0 Å². The van der Waals surface area contributed by atoms with Crippen molar-refractivity contribution >= 4 is 23.8 Å². The molecule has 3 N–H and O–H groups in total. The fourth-order valence-corrected chi connectivity index (χ4v) is 2.19. The molecule has 0 bridgehead atoms. The second-order valence-electron chi connectivity index (χ2n) is 4.36. The Balaban J connectivity index is 2.35. The molecular formula is C11H20N2O3S. The summed E-state index contributed by atoms with van der Waals surface area (Å²) in [5.41, 5.74) is -1.12. The summed E-state index contributed by atoms with van der Waals surface area (Å²) in [4.78, 5) is 22.7. The lowest BCUT2D eigenvalue weighted by Crippen LogP contribution is -2.56. The van der Waals surface area contributed by atoms with Gasteiger partial charge in [0.05, 0.1) is 0 Å². The quantitative estimate of drug-likeness (QED) is 0.603. The number of hydrogen-bond donors (Lipinski definition) is 3. The Morgan fingerprint density at radius 3 is 2.59 bits per heavy atom. The van der Waals surface area contributed by atoms with Gasteiger partial charge in [0, 0.05) is 12.3 Å². The third-order valence-electron chi connectivity index (χ3n) is 2.95. The van der Waals surface area contributed by atoms with Crippen LogP contribution in [0, 0.1) is 5.92 Å². The molecular weight excluding hydrogens is 240 g/mol. The molecule has 17 heavy (non-hydrogen) atoms. The van der Waals surface area contributed by atoms with Crippen molar-refractivity contribution in [3.8, 4) is 0 Å². The van der Waals surface area contributed by atoms with E-state index in [0.717, 1.165) is 24.3 Å². The van der Waals surface area contributed by atoms with Gasteiger partial charge in [0.15, 0.2) is 0 Å². The molecule has 1 atom stereocenters. The average Bonchev–Trinajstić information content (AvgIpc) is 3.07. The van der Waals surface area contributed by atoms with Gasteiger partial charge in [-0.15, -0.1) is 0 Å². The molecule has 5 nitrogen and oxygen atoms in total. The highest BCUT2D eigenvalue weighted by Crippen LogP contribution is 2.39. The Kier molecular flexibility index (Phi) is 5.11. The summed E-state index contributed by atoms with van der Waals surface area (Å²) in [7, 11) is 0. The second kappa shape index (κ2) is 6.14. The maximum atomic E-state index is 11.6. The number of rotatable bonds is 7. The summed E-state index contributed by atoms with van der Waals surface area (Å²) in [6, 6.07) is -0.390. The van der Waals surface area contributed by atoms with Gasteiger partial charge in [-0.3, -0.25) is 0 Å². The third kappa shape index (κ3) is 4.11. The van der Waals surface area contributed by atoms with E-state index in [1.165, 1.54) is 0 Å². The van der Waals surface area contributed by atoms with Crippen molar-refractivity contribution in [2.75, 3.05) is 18.1 Å². The van der Waals surface area contributed by atoms with E-state index in [9.17, 15) is 9.59 Å². The van der Waals surface area contributed by atoms with Crippen LogP contribution in [0.25, 0.3) is 0 Å². The first kappa shape index (κ1) is 14.2. The van der Waals surface area contributed by atoms with Gasteiger partial charge in [0.1, 0.15) is 5.54 Å². The van der Waals surface area contributed by atoms with Crippen LogP contribution in [0.15, 0.2) is 0 Å². The van der Waals surface area contributed by atoms with E-state index in [-0.39, 0.29) is 5.92 Å². The van der Waals surface area contributed by atoms with Gasteiger partial charge in [0.25, 0.3) is 0 Å². The van der Waals surface area contributed by atoms with Crippen LogP contribution in [0.1, 0.15) is 26.7 Å². The van der Waals surface area contributed by atoms with Gasteiger partial charge < -0.3 is 15.7 Å². The molecule has 1 fully saturated rings. The Morgan fingerprint density at radius 2 is 2.12 bits per heavy atom. The molecule has 0 aromatic rings. The molecule has 1 aliphatic carbocycles. The molecule has 0 saturated heterocycles. The summed E-state index contributed by atoms with van der Waals surface area (Å²) in [6.45, 7) is 4.19. The Labute approximate surface area is 106 Å². The fourth-order valence-electron chi connectivity index (χ4n) is 1.65. The molecule has 0 heterocycles. The van der Waals surface area contributed by atoms with Crippen molar-refractivity contribution in [3.63, 3.8) is 0 Å². The Morgan fingerprint density at radius 1 is 1.47 bits per heavy atom. The van der Waals surface area contributed by atoms with E-state index in [4.69, 9.17) is 5.11 Å². The van der Waals surface area contributed by atoms with Gasteiger partial charge in [-0.2, -0.15) is 11.8 Å². The predicted molar refractivity (Wildman–Crippen MR) is 68.3 cm³/mol. The molecule has 0 aromatic heterocycles. The summed E-state index contributed by atoms with van der Waals surface area (Å²) >= 11 is 1.73. The number of carboxylic acid groups (broad SMARTS) is 1. The van der Waals surface area contributed by atoms with Gasteiger partial charge in [-0.1, -0.05) is 6.92 Å². The van der Waals surface area contributed by atoms with Crippen LogP contribution in [-0.2, 0) is 4.79 Å². The van der Waals surface area contributed by atoms with Crippen molar-refractivity contribution in [1.82, 2.24) is 10.6 Å². The van der Waals surface area contributed by atoms with E-state index in [1.807, 2.05) is 0 Å². The topological polar surface area (TPSA) is 78.4 Å². The molecule has 1 unspecified atom stereocenters. The molecule has 6 heteroatoms. The standard InChI is InChI=1S/C11H20N2O3S/c1-3-17-7-6-12-10(16)13-11(2,9(14)15)8-4-5-8/h8H,3-7H2,1-2H3,(H,14,15)(H2,12,13,16). The van der Waals surface area contributed by atoms with E-state index >= 15 is 0 Å². The van der Waals surface area contributed by atoms with Crippen molar-refractivity contribution in [3.05, 3.63) is 0 Å². The molecule has 1 aliphatic rings. The SMILES string of the molecule is CCSCCNC(=O)NC(C)(C(=O)O)C1CC1. The smallest absolute Gasteiger partial charge is 0.329 e. The number of carbonyl (C=O) groups is 2. The van der Waals surface area contributed by atoms with Crippen molar-refractivity contribution in [2.45, 2.75) is 32.2 Å². The number of carboxylic acids is 1. The lowest BCUT2D eigenvalue weighted by Gasteiger charge is -2.26. The molecule has 1 saturated carbocycles. The van der Waals surface area contributed by atoms with E-state index in [1.54, 1.807) is 18.7 Å². The highest BCUT2D eigenvalue weighted by molar-refractivity contribution is 7.99. The highest BCUT2D eigenvalue weighted by Gasteiger charge is 2.48. The molecule has 98 valence electrons. The lowest BCUT2D eigenvalue weighted by atomic mass is 9.96. The first-order valence-electron chi connectivity index (χ1n) is 5.88. The van der Waals surface area contributed by atoms with Crippen LogP contribution in [0.2, 0.25) is 0 Å². The summed E-state index contributed by atoms with van der Waals surface area (Å²) in [5, 5.41) is 14.4. The maximum Gasteiger partial charge on any atom is 0.329 e. The number of urea groups is 1. The zero-order chi connectivity index (χ0) is 12.9. The normalized spacial score (nSPS) is 18.2. The number of nitrogens with one attached hydrogen (secondary N) is 2. The zero-order valence-corrected chi connectivity index (χ0v) is 11.1. The number of aliphatic carboxylic acids is 1. The predicted octanol–water partition coefficient (Wildman–Crippen LogP) is 1.29. The zero-order valence-electron chi connectivity index (χ0n) is 10.3. The molecule has 1 rings (SSSR count). The van der Waals surface area contributed by atoms with Gasteiger partial charge in [0.2, 0.25) is 0 Å². The molecule has 0 aromatic carbocycles. The van der Waals surface area contributed by atoms with Gasteiger partial charge >= 0.3 is 12.0 Å². The van der Waals surface area contributed by atoms with E-state index in [0.29, 0.717) is 6.54 Å². The van der Waals surface area contributed by atoms with E-state index in [2.05, 4.69) is 17.6 Å². The average molecular weight is 260 g/mol.